The molecule has 3 nitrogen and oxygen atoms in total. The van der Waals surface area contributed by atoms with Gasteiger partial charge in [0.05, 0.1) is 0 Å². The molecule has 4 heteroatoms. The van der Waals surface area contributed by atoms with Gasteiger partial charge >= 0.3 is 0 Å². The third-order valence-corrected chi connectivity index (χ3v) is 3.48. The number of anilines is 2. The van der Waals surface area contributed by atoms with Crippen molar-refractivity contribution in [2.24, 2.45) is 0 Å². The third kappa shape index (κ3) is 3.01. The molecule has 104 valence electrons. The Bertz CT molecular complexity index is 793. The van der Waals surface area contributed by atoms with E-state index in [-0.39, 0.29) is 0 Å². The van der Waals surface area contributed by atoms with Crippen LogP contribution in [0.1, 0.15) is 5.56 Å². The Kier molecular flexibility index (Phi) is 3.79. The zero-order valence-corrected chi connectivity index (χ0v) is 12.4. The fourth-order valence-electron chi connectivity index (χ4n) is 2.21. The van der Waals surface area contributed by atoms with Crippen LogP contribution < -0.4 is 10.6 Å². The minimum atomic E-state index is 0.535. The van der Waals surface area contributed by atoms with E-state index in [9.17, 15) is 0 Å². The molecule has 0 aliphatic rings. The Balaban J connectivity index is 1.82. The minimum Gasteiger partial charge on any atom is -0.332 e. The molecule has 0 saturated carbocycles. The number of aromatic nitrogens is 1. The maximum atomic E-state index is 5.38. The van der Waals surface area contributed by atoms with E-state index in [4.69, 9.17) is 12.2 Å². The van der Waals surface area contributed by atoms with Gasteiger partial charge in [0.1, 0.15) is 5.82 Å². The molecular formula is C17H15N3S. The summed E-state index contributed by atoms with van der Waals surface area (Å²) in [6.45, 7) is 2.00. The highest BCUT2D eigenvalue weighted by Gasteiger charge is 2.04. The van der Waals surface area contributed by atoms with Gasteiger partial charge in [-0.05, 0) is 42.2 Å². The summed E-state index contributed by atoms with van der Waals surface area (Å²) in [5.41, 5.74) is 2.04. The second-order valence-corrected chi connectivity index (χ2v) is 5.18. The van der Waals surface area contributed by atoms with E-state index < -0.39 is 0 Å². The van der Waals surface area contributed by atoms with Gasteiger partial charge in [-0.2, -0.15) is 0 Å². The van der Waals surface area contributed by atoms with Crippen LogP contribution in [0.15, 0.2) is 60.8 Å². The number of fused-ring (bicyclic) bond motifs is 1. The van der Waals surface area contributed by atoms with Crippen molar-refractivity contribution in [1.29, 1.82) is 0 Å². The van der Waals surface area contributed by atoms with Gasteiger partial charge in [0.2, 0.25) is 0 Å². The van der Waals surface area contributed by atoms with Gasteiger partial charge in [-0.25, -0.2) is 4.98 Å². The predicted molar refractivity (Wildman–Crippen MR) is 92.8 cm³/mol. The first-order valence-corrected chi connectivity index (χ1v) is 7.12. The van der Waals surface area contributed by atoms with E-state index in [0.29, 0.717) is 5.11 Å². The van der Waals surface area contributed by atoms with Crippen LogP contribution in [0, 0.1) is 6.92 Å². The Morgan fingerprint density at radius 1 is 0.952 bits per heavy atom. The molecule has 0 fully saturated rings. The normalized spacial score (nSPS) is 10.3. The van der Waals surface area contributed by atoms with Gasteiger partial charge in [0, 0.05) is 17.3 Å². The Morgan fingerprint density at radius 2 is 1.76 bits per heavy atom. The molecule has 3 aromatic rings. The van der Waals surface area contributed by atoms with E-state index in [0.717, 1.165) is 22.5 Å². The lowest BCUT2D eigenvalue weighted by atomic mass is 10.1. The van der Waals surface area contributed by atoms with Crippen LogP contribution in [0.3, 0.4) is 0 Å². The molecule has 2 aromatic carbocycles. The van der Waals surface area contributed by atoms with E-state index in [1.807, 2.05) is 43.3 Å². The van der Waals surface area contributed by atoms with Gasteiger partial charge in [0.15, 0.2) is 5.11 Å². The molecule has 0 spiro atoms. The SMILES string of the molecule is Cc1cccnc1NC(=S)Nc1cccc2ccccc12. The fraction of sp³-hybridized carbons (Fsp3) is 0.0588. The van der Waals surface area contributed by atoms with E-state index in [1.165, 1.54) is 5.39 Å². The molecule has 0 amide bonds. The van der Waals surface area contributed by atoms with Crippen molar-refractivity contribution >= 4 is 39.6 Å². The van der Waals surface area contributed by atoms with Gasteiger partial charge in [-0.15, -0.1) is 0 Å². The summed E-state index contributed by atoms with van der Waals surface area (Å²) in [5.74, 6) is 0.773. The van der Waals surface area contributed by atoms with E-state index in [2.05, 4.69) is 33.8 Å². The second-order valence-electron chi connectivity index (χ2n) is 4.77. The molecule has 0 unspecified atom stereocenters. The summed E-state index contributed by atoms with van der Waals surface area (Å²) < 4.78 is 0. The molecule has 1 aromatic heterocycles. The number of nitrogens with zero attached hydrogens (tertiary/aromatic N) is 1. The second kappa shape index (κ2) is 5.89. The summed E-state index contributed by atoms with van der Waals surface area (Å²) in [5, 5.41) is 9.23. The molecule has 1 heterocycles. The first kappa shape index (κ1) is 13.5. The number of rotatable bonds is 2. The number of thiocarbonyl (C=S) groups is 1. The van der Waals surface area contributed by atoms with Gasteiger partial charge in [-0.3, -0.25) is 0 Å². The van der Waals surface area contributed by atoms with Crippen molar-refractivity contribution in [3.8, 4) is 0 Å². The number of hydrogen-bond acceptors (Lipinski definition) is 2. The lowest BCUT2D eigenvalue weighted by molar-refractivity contribution is 1.27. The summed E-state index contributed by atoms with van der Waals surface area (Å²) in [7, 11) is 0. The summed E-state index contributed by atoms with van der Waals surface area (Å²) in [6, 6.07) is 18.2. The van der Waals surface area contributed by atoms with Crippen LogP contribution in [0.5, 0.6) is 0 Å². The van der Waals surface area contributed by atoms with E-state index >= 15 is 0 Å². The van der Waals surface area contributed by atoms with E-state index in [1.54, 1.807) is 6.20 Å². The minimum absolute atomic E-state index is 0.535. The monoisotopic (exact) mass is 293 g/mol. The number of aryl methyl sites for hydroxylation is 1. The van der Waals surface area contributed by atoms with Crippen LogP contribution in [0.4, 0.5) is 11.5 Å². The van der Waals surface area contributed by atoms with Crippen molar-refractivity contribution in [2.75, 3.05) is 10.6 Å². The first-order chi connectivity index (χ1) is 10.2. The fourth-order valence-corrected chi connectivity index (χ4v) is 2.42. The maximum Gasteiger partial charge on any atom is 0.176 e. The van der Waals surface area contributed by atoms with Gasteiger partial charge in [-0.1, -0.05) is 42.5 Å². The highest BCUT2D eigenvalue weighted by atomic mass is 32.1. The summed E-state index contributed by atoms with van der Waals surface area (Å²) in [4.78, 5) is 4.28. The molecule has 3 rings (SSSR count). The average Bonchev–Trinajstić information content (AvgIpc) is 2.50. The molecule has 0 atom stereocenters. The lowest BCUT2D eigenvalue weighted by Gasteiger charge is -2.13. The molecule has 21 heavy (non-hydrogen) atoms. The summed E-state index contributed by atoms with van der Waals surface area (Å²) >= 11 is 5.38. The number of hydrogen-bond donors (Lipinski definition) is 2. The van der Waals surface area contributed by atoms with Crippen LogP contribution in [0.2, 0.25) is 0 Å². The van der Waals surface area contributed by atoms with Crippen molar-refractivity contribution in [2.45, 2.75) is 6.92 Å². The Hall–Kier alpha value is -2.46. The van der Waals surface area contributed by atoms with Crippen molar-refractivity contribution in [3.05, 3.63) is 66.4 Å². The third-order valence-electron chi connectivity index (χ3n) is 3.28. The van der Waals surface area contributed by atoms with Crippen LogP contribution >= 0.6 is 12.2 Å². The van der Waals surface area contributed by atoms with Crippen LogP contribution in [-0.2, 0) is 0 Å². The summed E-state index contributed by atoms with van der Waals surface area (Å²) in [6.07, 6.45) is 1.75. The number of nitrogens with one attached hydrogen (secondary N) is 2. The molecule has 0 aliphatic carbocycles. The van der Waals surface area contributed by atoms with Gasteiger partial charge in [0.25, 0.3) is 0 Å². The zero-order valence-electron chi connectivity index (χ0n) is 11.6. The van der Waals surface area contributed by atoms with Crippen molar-refractivity contribution < 1.29 is 0 Å². The molecule has 0 radical (unpaired) electrons. The molecule has 0 bridgehead atoms. The van der Waals surface area contributed by atoms with Crippen LogP contribution in [0.25, 0.3) is 10.8 Å². The lowest BCUT2D eigenvalue weighted by Crippen LogP contribution is -2.20. The van der Waals surface area contributed by atoms with Crippen molar-refractivity contribution in [1.82, 2.24) is 4.98 Å². The highest BCUT2D eigenvalue weighted by Crippen LogP contribution is 2.23. The molecule has 0 aliphatic heterocycles. The van der Waals surface area contributed by atoms with Crippen molar-refractivity contribution in [3.63, 3.8) is 0 Å². The maximum absolute atomic E-state index is 5.38. The topological polar surface area (TPSA) is 37.0 Å². The Labute approximate surface area is 129 Å². The zero-order chi connectivity index (χ0) is 14.7. The molecular weight excluding hydrogens is 278 g/mol. The smallest absolute Gasteiger partial charge is 0.176 e. The average molecular weight is 293 g/mol. The van der Waals surface area contributed by atoms with Crippen LogP contribution in [-0.4, -0.2) is 10.1 Å². The first-order valence-electron chi connectivity index (χ1n) is 6.71. The van der Waals surface area contributed by atoms with Gasteiger partial charge < -0.3 is 10.6 Å². The molecule has 2 N–H and O–H groups in total. The molecule has 0 saturated heterocycles. The number of benzene rings is 2. The standard InChI is InChI=1S/C17H15N3S/c1-12-6-5-11-18-16(12)20-17(21)19-15-10-4-8-13-7-2-3-9-14(13)15/h2-11H,1H3,(H2,18,19,20,21). The number of pyridine rings is 1. The quantitative estimate of drug-likeness (QED) is 0.689. The Morgan fingerprint density at radius 3 is 2.62 bits per heavy atom. The highest BCUT2D eigenvalue weighted by molar-refractivity contribution is 7.80. The predicted octanol–water partition coefficient (Wildman–Crippen LogP) is 4.35. The largest absolute Gasteiger partial charge is 0.332 e.